The first kappa shape index (κ1) is 26.3. The van der Waals surface area contributed by atoms with Gasteiger partial charge in [-0.2, -0.15) is 9.57 Å². The van der Waals surface area contributed by atoms with Gasteiger partial charge in [0.1, 0.15) is 6.04 Å². The molecular formula is C29H29N3O4S. The molecular weight excluding hydrogens is 486 g/mol. The third-order valence-corrected chi connectivity index (χ3v) is 9.18. The van der Waals surface area contributed by atoms with Crippen molar-refractivity contribution in [1.82, 2.24) is 4.31 Å². The zero-order chi connectivity index (χ0) is 27.1. The lowest BCUT2D eigenvalue weighted by Crippen LogP contribution is -2.45. The van der Waals surface area contributed by atoms with Gasteiger partial charge in [0, 0.05) is 6.54 Å². The number of amides is 2. The Labute approximate surface area is 218 Å². The summed E-state index contributed by atoms with van der Waals surface area (Å²) >= 11 is 0. The van der Waals surface area contributed by atoms with Crippen LogP contribution in [0.2, 0.25) is 0 Å². The van der Waals surface area contributed by atoms with Gasteiger partial charge in [0.2, 0.25) is 15.9 Å². The Bertz CT molecular complexity index is 1510. The minimum Gasteiger partial charge on any atom is -0.274 e. The quantitative estimate of drug-likeness (QED) is 0.446. The Kier molecular flexibility index (Phi) is 7.05. The Hall–Kier alpha value is -3.80. The largest absolute Gasteiger partial charge is 0.274 e. The first-order valence-corrected chi connectivity index (χ1v) is 13.4. The number of carbonyl (C=O) groups is 2. The fourth-order valence-electron chi connectivity index (χ4n) is 4.72. The van der Waals surface area contributed by atoms with Gasteiger partial charge < -0.3 is 0 Å². The lowest BCUT2D eigenvalue weighted by Gasteiger charge is -2.29. The summed E-state index contributed by atoms with van der Waals surface area (Å²) in [5, 5.41) is 9.08. The molecule has 0 bridgehead atoms. The number of nitrogens with zero attached hydrogens (tertiary/aromatic N) is 3. The number of imide groups is 1. The Morgan fingerprint density at radius 3 is 2.03 bits per heavy atom. The molecule has 0 spiro atoms. The molecule has 2 amide bonds. The van der Waals surface area contributed by atoms with Gasteiger partial charge in [-0.25, -0.2) is 13.3 Å². The predicted octanol–water partition coefficient (Wildman–Crippen LogP) is 4.62. The lowest BCUT2D eigenvalue weighted by molar-refractivity contribution is -0.122. The molecule has 7 nitrogen and oxygen atoms in total. The maximum Gasteiger partial charge on any atom is 0.252 e. The molecule has 1 saturated heterocycles. The van der Waals surface area contributed by atoms with Crippen LogP contribution in [-0.2, 0) is 26.2 Å². The topological polar surface area (TPSA) is 98.5 Å². The summed E-state index contributed by atoms with van der Waals surface area (Å²) in [7, 11) is -4.18. The van der Waals surface area contributed by atoms with E-state index >= 15 is 0 Å². The lowest BCUT2D eigenvalue weighted by atomic mass is 10.0. The van der Waals surface area contributed by atoms with E-state index in [-0.39, 0.29) is 17.9 Å². The van der Waals surface area contributed by atoms with Crippen molar-refractivity contribution in [2.75, 3.05) is 4.90 Å². The predicted molar refractivity (Wildman–Crippen MR) is 141 cm³/mol. The Morgan fingerprint density at radius 2 is 1.49 bits per heavy atom. The van der Waals surface area contributed by atoms with Crippen molar-refractivity contribution in [3.63, 3.8) is 0 Å². The van der Waals surface area contributed by atoms with E-state index < -0.39 is 27.9 Å². The van der Waals surface area contributed by atoms with Crippen LogP contribution < -0.4 is 4.90 Å². The molecule has 0 aromatic heterocycles. The summed E-state index contributed by atoms with van der Waals surface area (Å²) in [5.74, 6) is -1.09. The minimum absolute atomic E-state index is 0.0562. The second-order valence-corrected chi connectivity index (χ2v) is 11.4. The number of carbonyl (C=O) groups excluding carboxylic acids is 2. The van der Waals surface area contributed by atoms with E-state index in [1.165, 1.54) is 28.6 Å². The molecule has 0 radical (unpaired) electrons. The summed E-state index contributed by atoms with van der Waals surface area (Å²) < 4.78 is 29.8. The fraction of sp³-hybridized carbons (Fsp3) is 0.276. The molecule has 37 heavy (non-hydrogen) atoms. The number of rotatable bonds is 6. The standard InChI is InChI=1S/C29H29N3O4S/c1-18-6-8-24(9-7-18)17-31(37(35,36)28-21(4)19(2)14-20(3)22(28)5)26-15-27(33)32(29(26)34)25-12-10-23(16-30)11-13-25/h6-14,26H,15,17H2,1-5H3. The SMILES string of the molecule is Cc1ccc(CN(C2CC(=O)N(c3ccc(C#N)cc3)C2=O)S(=O)(=O)c2c(C)c(C)cc(C)c2C)cc1. The molecule has 1 atom stereocenters. The minimum atomic E-state index is -4.18. The van der Waals surface area contributed by atoms with Crippen LogP contribution in [0.1, 0.15) is 45.4 Å². The number of benzene rings is 3. The zero-order valence-corrected chi connectivity index (χ0v) is 22.4. The van der Waals surface area contributed by atoms with Crippen molar-refractivity contribution < 1.29 is 18.0 Å². The number of hydrogen-bond acceptors (Lipinski definition) is 5. The summed E-state index contributed by atoms with van der Waals surface area (Å²) in [6, 6.07) is 16.3. The summed E-state index contributed by atoms with van der Waals surface area (Å²) in [4.78, 5) is 27.9. The Balaban J connectivity index is 1.83. The van der Waals surface area contributed by atoms with E-state index in [1.807, 2.05) is 57.2 Å². The van der Waals surface area contributed by atoms with E-state index in [1.54, 1.807) is 13.8 Å². The van der Waals surface area contributed by atoms with Crippen LogP contribution in [0.3, 0.4) is 0 Å². The van der Waals surface area contributed by atoms with Crippen molar-refractivity contribution in [2.45, 2.75) is 58.5 Å². The van der Waals surface area contributed by atoms with Crippen molar-refractivity contribution in [2.24, 2.45) is 0 Å². The average Bonchev–Trinajstić information content (AvgIpc) is 3.15. The molecule has 0 aliphatic carbocycles. The highest BCUT2D eigenvalue weighted by atomic mass is 32.2. The smallest absolute Gasteiger partial charge is 0.252 e. The van der Waals surface area contributed by atoms with Crippen LogP contribution in [0, 0.1) is 45.9 Å². The summed E-state index contributed by atoms with van der Waals surface area (Å²) in [6.07, 6.45) is -0.271. The summed E-state index contributed by atoms with van der Waals surface area (Å²) in [5.41, 5.74) is 5.36. The molecule has 1 fully saturated rings. The van der Waals surface area contributed by atoms with Gasteiger partial charge in [-0.3, -0.25) is 9.59 Å². The van der Waals surface area contributed by atoms with Crippen LogP contribution in [0.4, 0.5) is 5.69 Å². The fourth-order valence-corrected chi connectivity index (χ4v) is 6.87. The number of hydrogen-bond donors (Lipinski definition) is 0. The third kappa shape index (κ3) is 4.80. The molecule has 3 aromatic carbocycles. The number of aryl methyl sites for hydroxylation is 3. The van der Waals surface area contributed by atoms with Gasteiger partial charge in [0.15, 0.2) is 0 Å². The van der Waals surface area contributed by atoms with Gasteiger partial charge in [-0.1, -0.05) is 35.9 Å². The van der Waals surface area contributed by atoms with E-state index in [9.17, 15) is 18.0 Å². The van der Waals surface area contributed by atoms with Crippen LogP contribution in [0.25, 0.3) is 0 Å². The molecule has 1 aliphatic rings. The molecule has 190 valence electrons. The number of sulfonamides is 1. The van der Waals surface area contributed by atoms with Gasteiger partial charge in [-0.05, 0) is 86.7 Å². The molecule has 3 aromatic rings. The summed E-state index contributed by atoms with van der Waals surface area (Å²) in [6.45, 7) is 9.14. The molecule has 0 saturated carbocycles. The second-order valence-electron chi connectivity index (χ2n) is 9.57. The molecule has 8 heteroatoms. The van der Waals surface area contributed by atoms with Crippen LogP contribution >= 0.6 is 0 Å². The molecule has 1 aliphatic heterocycles. The van der Waals surface area contributed by atoms with Crippen LogP contribution in [0.5, 0.6) is 0 Å². The van der Waals surface area contributed by atoms with Crippen molar-refractivity contribution in [3.8, 4) is 6.07 Å². The van der Waals surface area contributed by atoms with Gasteiger partial charge in [0.25, 0.3) is 5.91 Å². The van der Waals surface area contributed by atoms with Gasteiger partial charge in [0.05, 0.1) is 28.6 Å². The van der Waals surface area contributed by atoms with Crippen LogP contribution in [0.15, 0.2) is 59.5 Å². The van der Waals surface area contributed by atoms with Crippen LogP contribution in [-0.4, -0.2) is 30.6 Å². The van der Waals surface area contributed by atoms with E-state index in [0.717, 1.165) is 21.6 Å². The van der Waals surface area contributed by atoms with Crippen molar-refractivity contribution in [1.29, 1.82) is 5.26 Å². The maximum absolute atomic E-state index is 14.3. The first-order chi connectivity index (χ1) is 17.4. The van der Waals surface area contributed by atoms with E-state index in [4.69, 9.17) is 5.26 Å². The monoisotopic (exact) mass is 515 g/mol. The van der Waals surface area contributed by atoms with Crippen molar-refractivity contribution in [3.05, 3.63) is 93.5 Å². The van der Waals surface area contributed by atoms with Gasteiger partial charge in [-0.15, -0.1) is 0 Å². The highest BCUT2D eigenvalue weighted by Crippen LogP contribution is 2.34. The molecule has 1 unspecified atom stereocenters. The zero-order valence-electron chi connectivity index (χ0n) is 21.6. The Morgan fingerprint density at radius 1 is 0.919 bits per heavy atom. The normalized spacial score (nSPS) is 15.9. The molecule has 4 rings (SSSR count). The highest BCUT2D eigenvalue weighted by Gasteiger charge is 2.47. The number of nitriles is 1. The molecule has 0 N–H and O–H groups in total. The number of anilines is 1. The van der Waals surface area contributed by atoms with Crippen molar-refractivity contribution >= 4 is 27.5 Å². The van der Waals surface area contributed by atoms with E-state index in [2.05, 4.69) is 0 Å². The van der Waals surface area contributed by atoms with E-state index in [0.29, 0.717) is 27.9 Å². The second kappa shape index (κ2) is 9.92. The maximum atomic E-state index is 14.3. The van der Waals surface area contributed by atoms with Gasteiger partial charge >= 0.3 is 0 Å². The first-order valence-electron chi connectivity index (χ1n) is 12.0. The third-order valence-electron chi connectivity index (χ3n) is 7.05. The average molecular weight is 516 g/mol. The molecule has 1 heterocycles. The highest BCUT2D eigenvalue weighted by molar-refractivity contribution is 7.89.